The first-order valence-corrected chi connectivity index (χ1v) is 11.9. The number of aromatic hydroxyl groups is 1. The number of fused-ring (bicyclic) bond motifs is 1. The number of aromatic nitrogens is 2. The first kappa shape index (κ1) is 23.7. The highest BCUT2D eigenvalue weighted by molar-refractivity contribution is 9.10. The Balaban J connectivity index is 1.99. The molecule has 0 spiro atoms. The Bertz CT molecular complexity index is 1460. The van der Waals surface area contributed by atoms with Gasteiger partial charge in [-0.3, -0.25) is 4.79 Å². The van der Waals surface area contributed by atoms with Crippen molar-refractivity contribution in [2.24, 2.45) is 5.10 Å². The van der Waals surface area contributed by atoms with Crippen LogP contribution in [0.2, 0.25) is 0 Å². The van der Waals surface area contributed by atoms with Crippen LogP contribution in [0.4, 0.5) is 0 Å². The molecule has 0 saturated carbocycles. The van der Waals surface area contributed by atoms with Crippen LogP contribution in [0, 0.1) is 6.92 Å². The fraction of sp³-hybridized carbons (Fsp3) is 0.222. The predicted molar refractivity (Wildman–Crippen MR) is 140 cm³/mol. The Labute approximate surface area is 206 Å². The number of para-hydroxylation sites is 1. The Kier molecular flexibility index (Phi) is 6.84. The second-order valence-electron chi connectivity index (χ2n) is 8.31. The van der Waals surface area contributed by atoms with E-state index in [1.807, 2.05) is 38.1 Å². The smallest absolute Gasteiger partial charge is 0.282 e. The summed E-state index contributed by atoms with van der Waals surface area (Å²) in [6.07, 6.45) is 1.47. The zero-order valence-corrected chi connectivity index (χ0v) is 21.1. The SMILES string of the molecule is CCOc1cc(C)c(-c2nc3ccccc3c(=O)n2N=Cc2cc(Br)ccc2O)cc1C(C)C. The molecule has 0 atom stereocenters. The number of hydrogen-bond acceptors (Lipinski definition) is 5. The van der Waals surface area contributed by atoms with E-state index in [1.165, 1.54) is 10.9 Å². The van der Waals surface area contributed by atoms with Crippen LogP contribution in [0.3, 0.4) is 0 Å². The van der Waals surface area contributed by atoms with Crippen molar-refractivity contribution in [2.75, 3.05) is 6.61 Å². The highest BCUT2D eigenvalue weighted by Gasteiger charge is 2.18. The van der Waals surface area contributed by atoms with Crippen molar-refractivity contribution in [3.8, 4) is 22.9 Å². The molecule has 4 rings (SSSR count). The van der Waals surface area contributed by atoms with Crippen LogP contribution in [0.5, 0.6) is 11.5 Å². The molecule has 4 aromatic rings. The number of phenolic OH excluding ortho intramolecular Hbond substituents is 1. The van der Waals surface area contributed by atoms with Crippen molar-refractivity contribution < 1.29 is 9.84 Å². The highest BCUT2D eigenvalue weighted by atomic mass is 79.9. The summed E-state index contributed by atoms with van der Waals surface area (Å²) in [5.41, 5.74) is 3.54. The summed E-state index contributed by atoms with van der Waals surface area (Å²) in [6.45, 7) is 8.70. The molecule has 0 fully saturated rings. The van der Waals surface area contributed by atoms with Crippen LogP contribution in [0.25, 0.3) is 22.3 Å². The molecule has 6 nitrogen and oxygen atoms in total. The lowest BCUT2D eigenvalue weighted by Crippen LogP contribution is -2.21. The van der Waals surface area contributed by atoms with Crippen LogP contribution in [0.15, 0.2) is 69.0 Å². The van der Waals surface area contributed by atoms with Gasteiger partial charge in [0.1, 0.15) is 11.5 Å². The number of hydrogen-bond donors (Lipinski definition) is 1. The summed E-state index contributed by atoms with van der Waals surface area (Å²) >= 11 is 3.41. The van der Waals surface area contributed by atoms with Crippen molar-refractivity contribution in [1.82, 2.24) is 9.66 Å². The van der Waals surface area contributed by atoms with E-state index in [4.69, 9.17) is 9.72 Å². The van der Waals surface area contributed by atoms with E-state index in [2.05, 4.69) is 34.9 Å². The Hall–Kier alpha value is -3.45. The van der Waals surface area contributed by atoms with Gasteiger partial charge in [0.25, 0.3) is 5.56 Å². The number of aryl methyl sites for hydroxylation is 1. The van der Waals surface area contributed by atoms with Gasteiger partial charge in [-0.05, 0) is 73.4 Å². The van der Waals surface area contributed by atoms with Gasteiger partial charge in [0.05, 0.1) is 23.7 Å². The summed E-state index contributed by atoms with van der Waals surface area (Å²) in [5.74, 6) is 1.53. The van der Waals surface area contributed by atoms with Crippen molar-refractivity contribution in [3.63, 3.8) is 0 Å². The maximum atomic E-state index is 13.5. The zero-order valence-electron chi connectivity index (χ0n) is 19.5. The quantitative estimate of drug-likeness (QED) is 0.305. The van der Waals surface area contributed by atoms with Crippen molar-refractivity contribution in [1.29, 1.82) is 0 Å². The standard InChI is InChI=1S/C27H26BrN3O3/c1-5-34-25-12-17(4)22(14-21(25)16(2)3)26-30-23-9-7-6-8-20(23)27(33)31(26)29-15-18-13-19(28)10-11-24(18)32/h6-16,32H,5H2,1-4H3. The summed E-state index contributed by atoms with van der Waals surface area (Å²) < 4.78 is 7.97. The lowest BCUT2D eigenvalue weighted by molar-refractivity contribution is 0.335. The molecular formula is C27H26BrN3O3. The average Bonchev–Trinajstić information content (AvgIpc) is 2.80. The monoisotopic (exact) mass is 519 g/mol. The molecule has 34 heavy (non-hydrogen) atoms. The topological polar surface area (TPSA) is 76.7 Å². The third-order valence-corrected chi connectivity index (χ3v) is 6.07. The zero-order chi connectivity index (χ0) is 24.4. The van der Waals surface area contributed by atoms with Crippen LogP contribution in [-0.2, 0) is 0 Å². The molecule has 0 unspecified atom stereocenters. The third kappa shape index (κ3) is 4.61. The first-order chi connectivity index (χ1) is 16.3. The van der Waals surface area contributed by atoms with Crippen molar-refractivity contribution in [2.45, 2.75) is 33.6 Å². The summed E-state index contributed by atoms with van der Waals surface area (Å²) in [5, 5.41) is 15.2. The van der Waals surface area contributed by atoms with Gasteiger partial charge in [-0.2, -0.15) is 9.78 Å². The van der Waals surface area contributed by atoms with Crippen LogP contribution in [0.1, 0.15) is 43.4 Å². The lowest BCUT2D eigenvalue weighted by atomic mass is 9.96. The van der Waals surface area contributed by atoms with E-state index in [0.29, 0.717) is 28.9 Å². The fourth-order valence-corrected chi connectivity index (χ4v) is 4.20. The Morgan fingerprint density at radius 2 is 1.94 bits per heavy atom. The van der Waals surface area contributed by atoms with Gasteiger partial charge in [-0.1, -0.05) is 41.9 Å². The van der Waals surface area contributed by atoms with Gasteiger partial charge in [0.2, 0.25) is 0 Å². The number of halogens is 1. The van der Waals surface area contributed by atoms with Crippen LogP contribution in [-0.4, -0.2) is 27.6 Å². The lowest BCUT2D eigenvalue weighted by Gasteiger charge is -2.18. The normalized spacial score (nSPS) is 11.6. The van der Waals surface area contributed by atoms with E-state index >= 15 is 0 Å². The van der Waals surface area contributed by atoms with Crippen LogP contribution < -0.4 is 10.3 Å². The van der Waals surface area contributed by atoms with E-state index in [9.17, 15) is 9.90 Å². The molecule has 0 aliphatic carbocycles. The summed E-state index contributed by atoms with van der Waals surface area (Å²) in [7, 11) is 0. The van der Waals surface area contributed by atoms with E-state index in [0.717, 1.165) is 26.9 Å². The van der Waals surface area contributed by atoms with Crippen LogP contribution >= 0.6 is 15.9 Å². The van der Waals surface area contributed by atoms with E-state index in [-0.39, 0.29) is 17.2 Å². The third-order valence-electron chi connectivity index (χ3n) is 5.58. The maximum absolute atomic E-state index is 13.5. The minimum atomic E-state index is -0.286. The molecule has 3 aromatic carbocycles. The Morgan fingerprint density at radius 3 is 2.68 bits per heavy atom. The minimum absolute atomic E-state index is 0.0645. The molecule has 0 radical (unpaired) electrons. The predicted octanol–water partition coefficient (Wildman–Crippen LogP) is 6.24. The molecule has 0 aliphatic heterocycles. The second kappa shape index (κ2) is 9.81. The summed E-state index contributed by atoms with van der Waals surface area (Å²) in [4.78, 5) is 18.3. The molecule has 7 heteroatoms. The van der Waals surface area contributed by atoms with Gasteiger partial charge >= 0.3 is 0 Å². The van der Waals surface area contributed by atoms with Gasteiger partial charge in [-0.25, -0.2) is 4.98 Å². The molecule has 1 N–H and O–H groups in total. The number of rotatable bonds is 6. The molecular weight excluding hydrogens is 494 g/mol. The van der Waals surface area contributed by atoms with E-state index in [1.54, 1.807) is 30.3 Å². The van der Waals surface area contributed by atoms with Gasteiger partial charge in [-0.15, -0.1) is 0 Å². The number of ether oxygens (including phenoxy) is 1. The van der Waals surface area contributed by atoms with Crippen molar-refractivity contribution >= 4 is 33.0 Å². The average molecular weight is 520 g/mol. The maximum Gasteiger partial charge on any atom is 0.282 e. The van der Waals surface area contributed by atoms with Gasteiger partial charge < -0.3 is 9.84 Å². The number of phenols is 1. The fourth-order valence-electron chi connectivity index (χ4n) is 3.82. The molecule has 0 aliphatic rings. The minimum Gasteiger partial charge on any atom is -0.507 e. The van der Waals surface area contributed by atoms with Gasteiger partial charge in [0.15, 0.2) is 5.82 Å². The van der Waals surface area contributed by atoms with Crippen molar-refractivity contribution in [3.05, 3.63) is 86.1 Å². The number of nitrogens with zero attached hydrogens (tertiary/aromatic N) is 3. The van der Waals surface area contributed by atoms with E-state index < -0.39 is 0 Å². The second-order valence-corrected chi connectivity index (χ2v) is 9.23. The summed E-state index contributed by atoms with van der Waals surface area (Å²) in [6, 6.07) is 16.3. The molecule has 1 heterocycles. The number of benzene rings is 3. The highest BCUT2D eigenvalue weighted by Crippen LogP contribution is 2.34. The molecule has 0 saturated heterocycles. The first-order valence-electron chi connectivity index (χ1n) is 11.1. The molecule has 1 aromatic heterocycles. The molecule has 0 bridgehead atoms. The largest absolute Gasteiger partial charge is 0.507 e. The molecule has 0 amide bonds. The molecule has 174 valence electrons. The Morgan fingerprint density at radius 1 is 1.18 bits per heavy atom. The van der Waals surface area contributed by atoms with Gasteiger partial charge in [0, 0.05) is 15.6 Å².